The molecule has 22 heavy (non-hydrogen) atoms. The molecule has 0 bridgehead atoms. The predicted octanol–water partition coefficient (Wildman–Crippen LogP) is 2.92. The van der Waals surface area contributed by atoms with Gasteiger partial charge in [-0.1, -0.05) is 0 Å². The van der Waals surface area contributed by atoms with Gasteiger partial charge < -0.3 is 10.2 Å². The molecule has 0 aromatic carbocycles. The number of hydrogen-bond donors (Lipinski definition) is 2. The maximum absolute atomic E-state index is 12.5. The van der Waals surface area contributed by atoms with Crippen molar-refractivity contribution in [2.45, 2.75) is 45.7 Å². The third kappa shape index (κ3) is 3.14. The molecule has 1 aliphatic heterocycles. The molecule has 0 aliphatic carbocycles. The number of aryl methyl sites for hydroxylation is 2. The summed E-state index contributed by atoms with van der Waals surface area (Å²) in [6, 6.07) is 0.101. The van der Waals surface area contributed by atoms with Crippen LogP contribution in [0.25, 0.3) is 0 Å². The second-order valence-corrected chi connectivity index (χ2v) is 6.93. The van der Waals surface area contributed by atoms with E-state index in [1.807, 2.05) is 24.2 Å². The summed E-state index contributed by atoms with van der Waals surface area (Å²) >= 11 is 1.64. The van der Waals surface area contributed by atoms with Gasteiger partial charge in [0.2, 0.25) is 0 Å². The number of urea groups is 1. The summed E-state index contributed by atoms with van der Waals surface area (Å²) in [5, 5.41) is 10.8. The fourth-order valence-electron chi connectivity index (χ4n) is 2.83. The van der Waals surface area contributed by atoms with E-state index in [2.05, 4.69) is 27.4 Å². The van der Waals surface area contributed by atoms with E-state index >= 15 is 0 Å². The zero-order valence-corrected chi connectivity index (χ0v) is 13.7. The summed E-state index contributed by atoms with van der Waals surface area (Å²) in [5.41, 5.74) is 2.12. The summed E-state index contributed by atoms with van der Waals surface area (Å²) in [4.78, 5) is 20.1. The van der Waals surface area contributed by atoms with Crippen molar-refractivity contribution in [2.24, 2.45) is 0 Å². The first-order chi connectivity index (χ1) is 10.6. The second kappa shape index (κ2) is 6.48. The van der Waals surface area contributed by atoms with Crippen LogP contribution in [0, 0.1) is 13.8 Å². The van der Waals surface area contributed by atoms with Crippen LogP contribution in [0.15, 0.2) is 12.4 Å². The number of H-pyrrole nitrogens is 1. The first-order valence-electron chi connectivity index (χ1n) is 7.61. The summed E-state index contributed by atoms with van der Waals surface area (Å²) in [6.45, 7) is 5.33. The van der Waals surface area contributed by atoms with E-state index in [1.54, 1.807) is 11.3 Å². The Hall–Kier alpha value is -1.89. The summed E-state index contributed by atoms with van der Waals surface area (Å²) < 4.78 is 0. The standard InChI is InChI=1S/C15H21N5OS/c1-10-11(2)22-14(19-10)9-16-15(21)20-6-4-3-5-13(20)12-7-17-18-8-12/h7-8,13H,3-6,9H2,1-2H3,(H,16,21)(H,17,18). The molecule has 1 unspecified atom stereocenters. The molecule has 0 radical (unpaired) electrons. The first kappa shape index (κ1) is 15.0. The summed E-state index contributed by atoms with van der Waals surface area (Å²) in [5.74, 6) is 0. The van der Waals surface area contributed by atoms with Crippen LogP contribution in [-0.4, -0.2) is 32.7 Å². The maximum atomic E-state index is 12.5. The number of carbonyl (C=O) groups excluding carboxylic acids is 1. The molecular weight excluding hydrogens is 298 g/mol. The normalized spacial score (nSPS) is 18.5. The van der Waals surface area contributed by atoms with Crippen LogP contribution in [0.4, 0.5) is 4.79 Å². The highest BCUT2D eigenvalue weighted by atomic mass is 32.1. The third-order valence-electron chi connectivity index (χ3n) is 4.13. The fourth-order valence-corrected chi connectivity index (χ4v) is 3.71. The van der Waals surface area contributed by atoms with Crippen LogP contribution in [0.2, 0.25) is 0 Å². The van der Waals surface area contributed by atoms with E-state index < -0.39 is 0 Å². The molecule has 0 spiro atoms. The Kier molecular flexibility index (Phi) is 4.42. The van der Waals surface area contributed by atoms with E-state index in [0.717, 1.165) is 42.1 Å². The summed E-state index contributed by atoms with van der Waals surface area (Å²) in [6.07, 6.45) is 6.87. The van der Waals surface area contributed by atoms with Crippen molar-refractivity contribution in [3.63, 3.8) is 0 Å². The molecule has 118 valence electrons. The monoisotopic (exact) mass is 319 g/mol. The molecule has 3 heterocycles. The third-order valence-corrected chi connectivity index (χ3v) is 5.20. The number of aromatic amines is 1. The van der Waals surface area contributed by atoms with Crippen LogP contribution in [0.3, 0.4) is 0 Å². The van der Waals surface area contributed by atoms with Gasteiger partial charge in [-0.25, -0.2) is 9.78 Å². The van der Waals surface area contributed by atoms with Gasteiger partial charge in [-0.2, -0.15) is 5.10 Å². The lowest BCUT2D eigenvalue weighted by Crippen LogP contribution is -2.44. The van der Waals surface area contributed by atoms with E-state index in [9.17, 15) is 4.79 Å². The number of nitrogens with one attached hydrogen (secondary N) is 2. The Labute approximate surface area is 133 Å². The minimum atomic E-state index is -0.0172. The lowest BCUT2D eigenvalue weighted by Gasteiger charge is -2.35. The van der Waals surface area contributed by atoms with Crippen LogP contribution < -0.4 is 5.32 Å². The SMILES string of the molecule is Cc1nc(CNC(=O)N2CCCCC2c2cn[nH]c2)sc1C. The number of amides is 2. The quantitative estimate of drug-likeness (QED) is 0.913. The van der Waals surface area contributed by atoms with Gasteiger partial charge in [-0.3, -0.25) is 5.10 Å². The highest BCUT2D eigenvalue weighted by molar-refractivity contribution is 7.11. The first-order valence-corrected chi connectivity index (χ1v) is 8.43. The van der Waals surface area contributed by atoms with Crippen molar-refractivity contribution in [1.82, 2.24) is 25.4 Å². The number of aromatic nitrogens is 3. The zero-order valence-electron chi connectivity index (χ0n) is 12.9. The van der Waals surface area contributed by atoms with Crippen LogP contribution in [0.5, 0.6) is 0 Å². The molecule has 2 amide bonds. The molecule has 1 atom stereocenters. The van der Waals surface area contributed by atoms with Gasteiger partial charge >= 0.3 is 6.03 Å². The molecule has 1 aliphatic rings. The lowest BCUT2D eigenvalue weighted by atomic mass is 9.98. The molecule has 2 N–H and O–H groups in total. The molecule has 2 aromatic rings. The van der Waals surface area contributed by atoms with Crippen molar-refractivity contribution >= 4 is 17.4 Å². The molecule has 3 rings (SSSR count). The Morgan fingerprint density at radius 2 is 2.36 bits per heavy atom. The fraction of sp³-hybridized carbons (Fsp3) is 0.533. The predicted molar refractivity (Wildman–Crippen MR) is 85.7 cm³/mol. The van der Waals surface area contributed by atoms with E-state index in [0.29, 0.717) is 6.54 Å². The highest BCUT2D eigenvalue weighted by Crippen LogP contribution is 2.30. The lowest BCUT2D eigenvalue weighted by molar-refractivity contribution is 0.151. The Bertz CT molecular complexity index is 617. The minimum absolute atomic E-state index is 0.0172. The van der Waals surface area contributed by atoms with Crippen molar-refractivity contribution in [3.05, 3.63) is 33.5 Å². The van der Waals surface area contributed by atoms with Gasteiger partial charge in [0.1, 0.15) is 5.01 Å². The smallest absolute Gasteiger partial charge is 0.318 e. The Morgan fingerprint density at radius 3 is 3.05 bits per heavy atom. The van der Waals surface area contributed by atoms with Crippen molar-refractivity contribution in [1.29, 1.82) is 0 Å². The zero-order chi connectivity index (χ0) is 15.5. The van der Waals surface area contributed by atoms with E-state index in [-0.39, 0.29) is 12.1 Å². The number of rotatable bonds is 3. The Balaban J connectivity index is 1.64. The number of likely N-dealkylation sites (tertiary alicyclic amines) is 1. The molecule has 2 aromatic heterocycles. The molecule has 1 saturated heterocycles. The van der Waals surface area contributed by atoms with Gasteiger partial charge in [-0.05, 0) is 33.1 Å². The topological polar surface area (TPSA) is 73.9 Å². The van der Waals surface area contributed by atoms with Crippen molar-refractivity contribution in [2.75, 3.05) is 6.54 Å². The number of piperidine rings is 1. The van der Waals surface area contributed by atoms with Gasteiger partial charge in [-0.15, -0.1) is 11.3 Å². The Morgan fingerprint density at radius 1 is 1.50 bits per heavy atom. The second-order valence-electron chi connectivity index (χ2n) is 5.64. The molecule has 1 fully saturated rings. The van der Waals surface area contributed by atoms with Crippen LogP contribution >= 0.6 is 11.3 Å². The number of nitrogens with zero attached hydrogens (tertiary/aromatic N) is 3. The molecule has 6 nitrogen and oxygen atoms in total. The van der Waals surface area contributed by atoms with Gasteiger partial charge in [0, 0.05) is 23.2 Å². The minimum Gasteiger partial charge on any atom is -0.331 e. The summed E-state index contributed by atoms with van der Waals surface area (Å²) in [7, 11) is 0. The maximum Gasteiger partial charge on any atom is 0.318 e. The highest BCUT2D eigenvalue weighted by Gasteiger charge is 2.28. The van der Waals surface area contributed by atoms with Crippen LogP contribution in [0.1, 0.15) is 46.4 Å². The average molecular weight is 319 g/mol. The molecule has 0 saturated carbocycles. The largest absolute Gasteiger partial charge is 0.331 e. The van der Waals surface area contributed by atoms with Crippen molar-refractivity contribution in [3.8, 4) is 0 Å². The van der Waals surface area contributed by atoms with Gasteiger partial charge in [0.15, 0.2) is 0 Å². The van der Waals surface area contributed by atoms with Gasteiger partial charge in [0.05, 0.1) is 24.5 Å². The number of hydrogen-bond acceptors (Lipinski definition) is 4. The molecular formula is C15H21N5OS. The van der Waals surface area contributed by atoms with Crippen molar-refractivity contribution < 1.29 is 4.79 Å². The number of carbonyl (C=O) groups is 1. The average Bonchev–Trinajstić information content (AvgIpc) is 3.16. The number of thiazole rings is 1. The molecule has 7 heteroatoms. The van der Waals surface area contributed by atoms with E-state index in [1.165, 1.54) is 4.88 Å². The van der Waals surface area contributed by atoms with Gasteiger partial charge in [0.25, 0.3) is 0 Å². The van der Waals surface area contributed by atoms with E-state index in [4.69, 9.17) is 0 Å². The van der Waals surface area contributed by atoms with Crippen LogP contribution in [-0.2, 0) is 6.54 Å².